The molecule has 1 aliphatic rings. The van der Waals surface area contributed by atoms with Crippen LogP contribution in [0, 0.1) is 5.92 Å². The Morgan fingerprint density at radius 3 is 2.88 bits per heavy atom. The molecule has 0 unspecified atom stereocenters. The van der Waals surface area contributed by atoms with E-state index in [1.54, 1.807) is 0 Å². The number of aldehydes is 1. The van der Waals surface area contributed by atoms with Crippen LogP contribution in [0.5, 0.6) is 0 Å². The number of aromatic nitrogens is 1. The number of rotatable bonds is 4. The molecule has 1 fully saturated rings. The van der Waals surface area contributed by atoms with Gasteiger partial charge in [-0.3, -0.25) is 0 Å². The second-order valence-corrected chi connectivity index (χ2v) is 5.03. The lowest BCUT2D eigenvalue weighted by atomic mass is 9.85. The average molecular weight is 227 g/mol. The van der Waals surface area contributed by atoms with Crippen LogP contribution in [0.3, 0.4) is 0 Å². The predicted molar refractivity (Wildman–Crippen MR) is 69.0 cm³/mol. The summed E-state index contributed by atoms with van der Waals surface area (Å²) in [5, 5.41) is 1.28. The van der Waals surface area contributed by atoms with Gasteiger partial charge in [-0.25, -0.2) is 0 Å². The van der Waals surface area contributed by atoms with E-state index in [1.807, 2.05) is 6.07 Å². The van der Waals surface area contributed by atoms with E-state index in [2.05, 4.69) is 29.0 Å². The SMILES string of the molecule is O=CCc1ccc2ccn(CC3CCC3)c2c1. The number of nitrogens with zero attached hydrogens (tertiary/aromatic N) is 1. The first-order valence-electron chi connectivity index (χ1n) is 6.38. The summed E-state index contributed by atoms with van der Waals surface area (Å²) in [4.78, 5) is 10.6. The average Bonchev–Trinajstić information content (AvgIpc) is 2.67. The molecule has 2 aromatic rings. The highest BCUT2D eigenvalue weighted by Crippen LogP contribution is 2.29. The summed E-state index contributed by atoms with van der Waals surface area (Å²) in [5.41, 5.74) is 2.39. The van der Waals surface area contributed by atoms with Crippen molar-refractivity contribution in [3.05, 3.63) is 36.0 Å². The Hall–Kier alpha value is -1.57. The van der Waals surface area contributed by atoms with E-state index in [4.69, 9.17) is 0 Å². The monoisotopic (exact) mass is 227 g/mol. The van der Waals surface area contributed by atoms with E-state index < -0.39 is 0 Å². The summed E-state index contributed by atoms with van der Waals surface area (Å²) >= 11 is 0. The fourth-order valence-electron chi connectivity index (χ4n) is 2.57. The summed E-state index contributed by atoms with van der Waals surface area (Å²) < 4.78 is 2.34. The first-order chi connectivity index (χ1) is 8.36. The van der Waals surface area contributed by atoms with E-state index in [1.165, 1.54) is 30.2 Å². The molecule has 0 N–H and O–H groups in total. The van der Waals surface area contributed by atoms with Crippen LogP contribution in [0.1, 0.15) is 24.8 Å². The maximum atomic E-state index is 10.6. The molecule has 0 bridgehead atoms. The van der Waals surface area contributed by atoms with Crippen molar-refractivity contribution >= 4 is 17.2 Å². The standard InChI is InChI=1S/C15H17NO/c17-9-7-12-4-5-14-6-8-16(15(14)10-12)11-13-2-1-3-13/h4-6,8-10,13H,1-3,7,11H2. The molecule has 0 aliphatic heterocycles. The third kappa shape index (κ3) is 1.99. The Kier molecular flexibility index (Phi) is 2.71. The molecule has 2 heteroatoms. The number of hydrogen-bond acceptors (Lipinski definition) is 1. The Bertz CT molecular complexity index is 537. The largest absolute Gasteiger partial charge is 0.347 e. The van der Waals surface area contributed by atoms with Gasteiger partial charge in [0.25, 0.3) is 0 Å². The van der Waals surface area contributed by atoms with Crippen LogP contribution in [-0.4, -0.2) is 10.9 Å². The molecule has 1 aromatic heterocycles. The van der Waals surface area contributed by atoms with Crippen molar-refractivity contribution in [2.75, 3.05) is 0 Å². The summed E-state index contributed by atoms with van der Waals surface area (Å²) in [6.45, 7) is 1.13. The summed E-state index contributed by atoms with van der Waals surface area (Å²) in [7, 11) is 0. The zero-order valence-corrected chi connectivity index (χ0v) is 9.93. The fraction of sp³-hybridized carbons (Fsp3) is 0.400. The number of benzene rings is 1. The van der Waals surface area contributed by atoms with Gasteiger partial charge in [-0.15, -0.1) is 0 Å². The molecule has 1 saturated carbocycles. The molecular formula is C15H17NO. The molecule has 0 radical (unpaired) electrons. The topological polar surface area (TPSA) is 22.0 Å². The molecule has 0 amide bonds. The molecule has 0 spiro atoms. The predicted octanol–water partition coefficient (Wildman–Crippen LogP) is 3.18. The minimum absolute atomic E-state index is 0.518. The number of carbonyl (C=O) groups excluding carboxylic acids is 1. The molecule has 1 aliphatic carbocycles. The van der Waals surface area contributed by atoms with Crippen molar-refractivity contribution in [3.63, 3.8) is 0 Å². The quantitative estimate of drug-likeness (QED) is 0.735. The van der Waals surface area contributed by atoms with E-state index >= 15 is 0 Å². The van der Waals surface area contributed by atoms with Gasteiger partial charge in [-0.1, -0.05) is 18.6 Å². The maximum absolute atomic E-state index is 10.6. The van der Waals surface area contributed by atoms with Crippen LogP contribution in [0.25, 0.3) is 10.9 Å². The molecule has 1 aromatic carbocycles. The number of hydrogen-bond donors (Lipinski definition) is 0. The number of fused-ring (bicyclic) bond motifs is 1. The van der Waals surface area contributed by atoms with Crippen molar-refractivity contribution < 1.29 is 4.79 Å². The van der Waals surface area contributed by atoms with Crippen molar-refractivity contribution in [3.8, 4) is 0 Å². The Balaban J connectivity index is 1.93. The molecule has 17 heavy (non-hydrogen) atoms. The van der Waals surface area contributed by atoms with Crippen LogP contribution < -0.4 is 0 Å². The summed E-state index contributed by atoms with van der Waals surface area (Å²) in [5.74, 6) is 0.861. The highest BCUT2D eigenvalue weighted by Gasteiger charge is 2.18. The maximum Gasteiger partial charge on any atom is 0.124 e. The second kappa shape index (κ2) is 4.36. The van der Waals surface area contributed by atoms with Gasteiger partial charge in [0.2, 0.25) is 0 Å². The Labute approximate surface area is 101 Å². The van der Waals surface area contributed by atoms with Gasteiger partial charge in [0.05, 0.1) is 0 Å². The summed E-state index contributed by atoms with van der Waals surface area (Å²) in [6, 6.07) is 8.48. The van der Waals surface area contributed by atoms with Crippen LogP contribution in [0.15, 0.2) is 30.5 Å². The molecule has 0 saturated heterocycles. The van der Waals surface area contributed by atoms with Crippen molar-refractivity contribution in [1.82, 2.24) is 4.57 Å². The van der Waals surface area contributed by atoms with E-state index in [9.17, 15) is 4.79 Å². The van der Waals surface area contributed by atoms with Gasteiger partial charge < -0.3 is 9.36 Å². The van der Waals surface area contributed by atoms with Gasteiger partial charge in [-0.05, 0) is 41.8 Å². The normalized spacial score (nSPS) is 16.0. The molecule has 2 nitrogen and oxygen atoms in total. The first kappa shape index (κ1) is 10.6. The fourth-order valence-corrected chi connectivity index (χ4v) is 2.57. The van der Waals surface area contributed by atoms with Gasteiger partial charge in [0.1, 0.15) is 6.29 Å². The van der Waals surface area contributed by atoms with Gasteiger partial charge in [-0.2, -0.15) is 0 Å². The van der Waals surface area contributed by atoms with E-state index in [0.717, 1.165) is 24.3 Å². The lowest BCUT2D eigenvalue weighted by molar-refractivity contribution is -0.107. The highest BCUT2D eigenvalue weighted by molar-refractivity contribution is 5.81. The van der Waals surface area contributed by atoms with Crippen LogP contribution >= 0.6 is 0 Å². The Morgan fingerprint density at radius 1 is 1.29 bits per heavy atom. The molecule has 88 valence electrons. The zero-order valence-electron chi connectivity index (χ0n) is 9.93. The van der Waals surface area contributed by atoms with Crippen LogP contribution in [0.4, 0.5) is 0 Å². The lowest BCUT2D eigenvalue weighted by Crippen LogP contribution is -2.17. The molecular weight excluding hydrogens is 210 g/mol. The van der Waals surface area contributed by atoms with Gasteiger partial charge >= 0.3 is 0 Å². The van der Waals surface area contributed by atoms with E-state index in [0.29, 0.717) is 6.42 Å². The second-order valence-electron chi connectivity index (χ2n) is 5.03. The lowest BCUT2D eigenvalue weighted by Gasteiger charge is -2.26. The third-order valence-corrected chi connectivity index (χ3v) is 3.84. The number of carbonyl (C=O) groups is 1. The first-order valence-corrected chi connectivity index (χ1v) is 6.38. The van der Waals surface area contributed by atoms with Crippen LogP contribution in [-0.2, 0) is 17.8 Å². The van der Waals surface area contributed by atoms with Crippen molar-refractivity contribution in [2.45, 2.75) is 32.2 Å². The summed E-state index contributed by atoms with van der Waals surface area (Å²) in [6.07, 6.45) is 7.79. The van der Waals surface area contributed by atoms with Gasteiger partial charge in [0, 0.05) is 24.7 Å². The Morgan fingerprint density at radius 2 is 2.18 bits per heavy atom. The highest BCUT2D eigenvalue weighted by atomic mass is 16.1. The molecule has 3 rings (SSSR count). The molecule has 0 atom stereocenters. The smallest absolute Gasteiger partial charge is 0.124 e. The van der Waals surface area contributed by atoms with Crippen molar-refractivity contribution in [1.29, 1.82) is 0 Å². The minimum Gasteiger partial charge on any atom is -0.347 e. The molecule has 1 heterocycles. The third-order valence-electron chi connectivity index (χ3n) is 3.84. The zero-order chi connectivity index (χ0) is 11.7. The van der Waals surface area contributed by atoms with Crippen LogP contribution in [0.2, 0.25) is 0 Å². The van der Waals surface area contributed by atoms with Gasteiger partial charge in [0.15, 0.2) is 0 Å². The van der Waals surface area contributed by atoms with Crippen molar-refractivity contribution in [2.24, 2.45) is 5.92 Å². The van der Waals surface area contributed by atoms with E-state index in [-0.39, 0.29) is 0 Å². The minimum atomic E-state index is 0.518.